The number of halogens is 3. The highest BCUT2D eigenvalue weighted by molar-refractivity contribution is 6.67. The second kappa shape index (κ2) is 5.61. The summed E-state index contributed by atoms with van der Waals surface area (Å²) in [5.74, 6) is 0.525. The second-order valence-corrected chi connectivity index (χ2v) is 5.36. The van der Waals surface area contributed by atoms with E-state index in [9.17, 15) is 4.79 Å². The Balaban J connectivity index is 2.46. The van der Waals surface area contributed by atoms with E-state index in [1.54, 1.807) is 16.9 Å². The average molecular weight is 287 g/mol. The van der Waals surface area contributed by atoms with Gasteiger partial charge >= 0.3 is 6.09 Å². The third kappa shape index (κ3) is 4.47. The predicted octanol–water partition coefficient (Wildman–Crippen LogP) is 2.82. The van der Waals surface area contributed by atoms with E-state index in [-0.39, 0.29) is 6.61 Å². The third-order valence-electron chi connectivity index (χ3n) is 1.61. The Morgan fingerprint density at radius 1 is 1.62 bits per heavy atom. The number of alkyl halides is 3. The molecule has 0 atom stereocenters. The number of anilines is 1. The summed E-state index contributed by atoms with van der Waals surface area (Å²) in [4.78, 5) is 11.3. The highest BCUT2D eigenvalue weighted by atomic mass is 35.6. The molecular weight excluding hydrogens is 276 g/mol. The summed E-state index contributed by atoms with van der Waals surface area (Å²) in [6.45, 7) is 2.21. The molecule has 1 aromatic heterocycles. The summed E-state index contributed by atoms with van der Waals surface area (Å²) < 4.78 is 4.68. The zero-order valence-electron chi connectivity index (χ0n) is 8.41. The fraction of sp³-hybridized carbons (Fsp3) is 0.500. The van der Waals surface area contributed by atoms with Crippen molar-refractivity contribution in [2.24, 2.45) is 0 Å². The van der Waals surface area contributed by atoms with Crippen molar-refractivity contribution < 1.29 is 9.53 Å². The normalized spacial score (nSPS) is 11.2. The van der Waals surface area contributed by atoms with Crippen LogP contribution in [0.25, 0.3) is 0 Å². The van der Waals surface area contributed by atoms with Crippen LogP contribution >= 0.6 is 34.8 Å². The van der Waals surface area contributed by atoms with Gasteiger partial charge in [0.05, 0.1) is 6.20 Å². The first-order chi connectivity index (χ1) is 7.42. The number of aromatic nitrogens is 2. The van der Waals surface area contributed by atoms with Gasteiger partial charge in [0.25, 0.3) is 0 Å². The topological polar surface area (TPSA) is 56.2 Å². The molecule has 5 nitrogen and oxygen atoms in total. The summed E-state index contributed by atoms with van der Waals surface area (Å²) in [6, 6.07) is 1.64. The molecule has 0 saturated carbocycles. The quantitative estimate of drug-likeness (QED) is 0.869. The minimum atomic E-state index is -1.61. The SMILES string of the molecule is CCn1nccc1NC(=O)OCC(Cl)(Cl)Cl. The van der Waals surface area contributed by atoms with Gasteiger partial charge in [0.15, 0.2) is 0 Å². The van der Waals surface area contributed by atoms with Crippen LogP contribution in [0.5, 0.6) is 0 Å². The van der Waals surface area contributed by atoms with E-state index in [0.717, 1.165) is 0 Å². The maximum Gasteiger partial charge on any atom is 0.412 e. The van der Waals surface area contributed by atoms with E-state index in [0.29, 0.717) is 12.4 Å². The Kier molecular flexibility index (Phi) is 4.70. The molecule has 0 aliphatic rings. The first-order valence-corrected chi connectivity index (χ1v) is 5.58. The van der Waals surface area contributed by atoms with Crippen LogP contribution < -0.4 is 5.32 Å². The van der Waals surface area contributed by atoms with Gasteiger partial charge in [0.2, 0.25) is 3.79 Å². The Morgan fingerprint density at radius 2 is 2.31 bits per heavy atom. The second-order valence-electron chi connectivity index (χ2n) is 2.85. The summed E-state index contributed by atoms with van der Waals surface area (Å²) in [5, 5.41) is 6.44. The number of carbonyl (C=O) groups is 1. The van der Waals surface area contributed by atoms with Crippen LogP contribution in [0.15, 0.2) is 12.3 Å². The van der Waals surface area contributed by atoms with Crippen LogP contribution in [0.1, 0.15) is 6.92 Å². The number of amides is 1. The van der Waals surface area contributed by atoms with Gasteiger partial charge in [-0.15, -0.1) is 0 Å². The van der Waals surface area contributed by atoms with Crippen molar-refractivity contribution in [3.05, 3.63) is 12.3 Å². The Morgan fingerprint density at radius 3 is 2.88 bits per heavy atom. The number of nitrogens with one attached hydrogen (secondary N) is 1. The molecule has 0 saturated heterocycles. The highest BCUT2D eigenvalue weighted by Crippen LogP contribution is 2.26. The molecular formula is C8H10Cl3N3O2. The van der Waals surface area contributed by atoms with Crippen molar-refractivity contribution in [1.82, 2.24) is 9.78 Å². The molecule has 1 amide bonds. The fourth-order valence-corrected chi connectivity index (χ4v) is 1.14. The monoisotopic (exact) mass is 285 g/mol. The van der Waals surface area contributed by atoms with Crippen molar-refractivity contribution in [3.63, 3.8) is 0 Å². The molecule has 0 spiro atoms. The molecule has 0 aliphatic carbocycles. The number of aryl methyl sites for hydroxylation is 1. The molecule has 1 rings (SSSR count). The summed E-state index contributed by atoms with van der Waals surface area (Å²) >= 11 is 16.3. The lowest BCUT2D eigenvalue weighted by Gasteiger charge is -2.12. The van der Waals surface area contributed by atoms with E-state index < -0.39 is 9.89 Å². The van der Waals surface area contributed by atoms with Crippen molar-refractivity contribution in [2.75, 3.05) is 11.9 Å². The van der Waals surface area contributed by atoms with Crippen LogP contribution in [0.4, 0.5) is 10.6 Å². The van der Waals surface area contributed by atoms with Crippen LogP contribution in [0.2, 0.25) is 0 Å². The zero-order chi connectivity index (χ0) is 12.2. The number of hydrogen-bond donors (Lipinski definition) is 1. The standard InChI is InChI=1S/C8H10Cl3N3O2/c1-2-14-6(3-4-12-14)13-7(15)16-5-8(9,10)11/h3-4H,2,5H2,1H3,(H,13,15). The Labute approximate surface area is 108 Å². The Hall–Kier alpha value is -0.650. The van der Waals surface area contributed by atoms with Crippen molar-refractivity contribution in [2.45, 2.75) is 17.3 Å². The summed E-state index contributed by atoms with van der Waals surface area (Å²) in [6.07, 6.45) is 0.871. The largest absolute Gasteiger partial charge is 0.445 e. The highest BCUT2D eigenvalue weighted by Gasteiger charge is 2.22. The predicted molar refractivity (Wildman–Crippen MR) is 63.2 cm³/mol. The smallest absolute Gasteiger partial charge is 0.412 e. The van der Waals surface area contributed by atoms with Gasteiger partial charge in [-0.1, -0.05) is 34.8 Å². The maximum atomic E-state index is 11.3. The summed E-state index contributed by atoms with van der Waals surface area (Å²) in [7, 11) is 0. The minimum Gasteiger partial charge on any atom is -0.445 e. The van der Waals surface area contributed by atoms with Gasteiger partial charge in [-0.3, -0.25) is 5.32 Å². The molecule has 0 aliphatic heterocycles. The lowest BCUT2D eigenvalue weighted by Crippen LogP contribution is -2.22. The minimum absolute atomic E-state index is 0.316. The van der Waals surface area contributed by atoms with Gasteiger partial charge in [0.1, 0.15) is 12.4 Å². The van der Waals surface area contributed by atoms with Crippen molar-refractivity contribution in [3.8, 4) is 0 Å². The van der Waals surface area contributed by atoms with Crippen LogP contribution in [-0.4, -0.2) is 26.3 Å². The van der Waals surface area contributed by atoms with E-state index in [4.69, 9.17) is 39.5 Å². The van der Waals surface area contributed by atoms with E-state index in [2.05, 4.69) is 10.4 Å². The first kappa shape index (κ1) is 13.4. The molecule has 0 aromatic carbocycles. The molecule has 16 heavy (non-hydrogen) atoms. The number of rotatable bonds is 3. The summed E-state index contributed by atoms with van der Waals surface area (Å²) in [5.41, 5.74) is 0. The molecule has 0 bridgehead atoms. The van der Waals surface area contributed by atoms with E-state index in [1.165, 1.54) is 0 Å². The Bertz CT molecular complexity index is 362. The third-order valence-corrected chi connectivity index (χ3v) is 1.94. The van der Waals surface area contributed by atoms with E-state index in [1.807, 2.05) is 6.92 Å². The van der Waals surface area contributed by atoms with Crippen LogP contribution in [0, 0.1) is 0 Å². The van der Waals surface area contributed by atoms with Gasteiger partial charge in [0, 0.05) is 12.6 Å². The number of hydrogen-bond acceptors (Lipinski definition) is 3. The lowest BCUT2D eigenvalue weighted by atomic mass is 10.6. The van der Waals surface area contributed by atoms with Crippen molar-refractivity contribution >= 4 is 46.7 Å². The molecule has 1 aromatic rings. The lowest BCUT2D eigenvalue weighted by molar-refractivity contribution is 0.163. The molecule has 1 heterocycles. The zero-order valence-corrected chi connectivity index (χ0v) is 10.7. The molecule has 90 valence electrons. The van der Waals surface area contributed by atoms with Crippen molar-refractivity contribution in [1.29, 1.82) is 0 Å². The number of carbonyl (C=O) groups excluding carboxylic acids is 1. The molecule has 8 heteroatoms. The molecule has 0 unspecified atom stereocenters. The average Bonchev–Trinajstić information content (AvgIpc) is 2.61. The molecule has 1 N–H and O–H groups in total. The van der Waals surface area contributed by atoms with Crippen LogP contribution in [0.3, 0.4) is 0 Å². The van der Waals surface area contributed by atoms with Gasteiger partial charge < -0.3 is 4.74 Å². The molecule has 0 fully saturated rings. The fourth-order valence-electron chi connectivity index (χ4n) is 0.979. The van der Waals surface area contributed by atoms with Crippen LogP contribution in [-0.2, 0) is 11.3 Å². The van der Waals surface area contributed by atoms with Gasteiger partial charge in [-0.2, -0.15) is 5.10 Å². The molecule has 0 radical (unpaired) electrons. The number of nitrogens with zero attached hydrogens (tertiary/aromatic N) is 2. The maximum absolute atomic E-state index is 11.3. The van der Waals surface area contributed by atoms with E-state index >= 15 is 0 Å². The van der Waals surface area contributed by atoms with Gasteiger partial charge in [-0.25, -0.2) is 9.48 Å². The van der Waals surface area contributed by atoms with Gasteiger partial charge in [-0.05, 0) is 6.92 Å². The first-order valence-electron chi connectivity index (χ1n) is 4.44. The number of ether oxygens (including phenoxy) is 1.